The number of benzene rings is 2. The second kappa shape index (κ2) is 7.88. The number of anilines is 1. The highest BCUT2D eigenvalue weighted by atomic mass is 32.1. The molecule has 0 aliphatic carbocycles. The van der Waals surface area contributed by atoms with Crippen molar-refractivity contribution in [3.8, 4) is 11.3 Å². The van der Waals surface area contributed by atoms with E-state index in [1.54, 1.807) is 13.0 Å². The maximum Gasteiger partial charge on any atom is 0.351 e. The molecule has 5 nitrogen and oxygen atoms in total. The maximum absolute atomic E-state index is 13.1. The van der Waals surface area contributed by atoms with E-state index in [4.69, 9.17) is 4.74 Å². The third-order valence-electron chi connectivity index (χ3n) is 3.41. The summed E-state index contributed by atoms with van der Waals surface area (Å²) in [7, 11) is 0. The lowest BCUT2D eigenvalue weighted by Crippen LogP contribution is -2.20. The summed E-state index contributed by atoms with van der Waals surface area (Å²) in [6, 6.07) is 14.7. The second-order valence-electron chi connectivity index (χ2n) is 5.41. The second-order valence-corrected chi connectivity index (χ2v) is 6.61. The number of nitrogens with zero attached hydrogens (tertiary/aromatic N) is 1. The van der Waals surface area contributed by atoms with Crippen molar-refractivity contribution in [2.45, 2.75) is 6.92 Å². The number of aromatic nitrogens is 1. The van der Waals surface area contributed by atoms with Crippen LogP contribution in [0.5, 0.6) is 0 Å². The number of aryl methyl sites for hydroxylation is 1. The molecule has 0 aliphatic rings. The Morgan fingerprint density at radius 3 is 2.65 bits per heavy atom. The molecule has 3 aromatic rings. The van der Waals surface area contributed by atoms with Crippen LogP contribution in [-0.2, 0) is 9.53 Å². The van der Waals surface area contributed by atoms with Crippen LogP contribution in [-0.4, -0.2) is 23.5 Å². The summed E-state index contributed by atoms with van der Waals surface area (Å²) in [6.07, 6.45) is 0. The van der Waals surface area contributed by atoms with Gasteiger partial charge in [0, 0.05) is 11.3 Å². The van der Waals surface area contributed by atoms with Gasteiger partial charge in [-0.3, -0.25) is 4.79 Å². The predicted octanol–water partition coefficient (Wildman–Crippen LogP) is 4.05. The van der Waals surface area contributed by atoms with Gasteiger partial charge in [-0.1, -0.05) is 36.4 Å². The molecule has 1 amide bonds. The minimum absolute atomic E-state index is 0.296. The monoisotopic (exact) mass is 370 g/mol. The van der Waals surface area contributed by atoms with Gasteiger partial charge >= 0.3 is 5.97 Å². The van der Waals surface area contributed by atoms with Crippen molar-refractivity contribution < 1.29 is 18.7 Å². The maximum atomic E-state index is 13.1. The number of hydrogen-bond acceptors (Lipinski definition) is 5. The molecular weight excluding hydrogens is 355 g/mol. The number of carbonyl (C=O) groups excluding carboxylic acids is 2. The van der Waals surface area contributed by atoms with E-state index in [0.717, 1.165) is 10.6 Å². The van der Waals surface area contributed by atoms with Crippen molar-refractivity contribution >= 4 is 28.9 Å². The fourth-order valence-corrected chi connectivity index (χ4v) is 3.15. The van der Waals surface area contributed by atoms with E-state index in [-0.39, 0.29) is 0 Å². The first-order chi connectivity index (χ1) is 12.5. The zero-order valence-electron chi connectivity index (χ0n) is 13.9. The van der Waals surface area contributed by atoms with Crippen molar-refractivity contribution in [2.24, 2.45) is 0 Å². The fraction of sp³-hybridized carbons (Fsp3) is 0.105. The van der Waals surface area contributed by atoms with Gasteiger partial charge in [0.25, 0.3) is 5.91 Å². The molecule has 0 saturated carbocycles. The van der Waals surface area contributed by atoms with Gasteiger partial charge in [0.1, 0.15) is 10.7 Å². The molecule has 0 bridgehead atoms. The molecule has 0 spiro atoms. The Bertz CT molecular complexity index is 941. The molecule has 0 atom stereocenters. The highest BCUT2D eigenvalue weighted by molar-refractivity contribution is 7.14. The molecule has 0 fully saturated rings. The van der Waals surface area contributed by atoms with Gasteiger partial charge in [-0.25, -0.2) is 14.2 Å². The van der Waals surface area contributed by atoms with E-state index >= 15 is 0 Å². The number of thiazole rings is 1. The molecule has 0 aliphatic heterocycles. The largest absolute Gasteiger partial charge is 0.451 e. The number of carbonyl (C=O) groups is 2. The van der Waals surface area contributed by atoms with Crippen molar-refractivity contribution in [1.82, 2.24) is 4.98 Å². The third-order valence-corrected chi connectivity index (χ3v) is 4.36. The van der Waals surface area contributed by atoms with Crippen LogP contribution in [0.4, 0.5) is 10.1 Å². The zero-order valence-corrected chi connectivity index (χ0v) is 14.7. The van der Waals surface area contributed by atoms with Gasteiger partial charge in [0.15, 0.2) is 6.61 Å². The van der Waals surface area contributed by atoms with Crippen molar-refractivity contribution in [1.29, 1.82) is 0 Å². The molecule has 1 N–H and O–H groups in total. The Labute approximate surface area is 153 Å². The summed E-state index contributed by atoms with van der Waals surface area (Å²) in [5.41, 5.74) is 1.63. The fourth-order valence-electron chi connectivity index (χ4n) is 2.32. The van der Waals surface area contributed by atoms with Crippen LogP contribution in [0.3, 0.4) is 0 Å². The van der Waals surface area contributed by atoms with Crippen LogP contribution in [0.1, 0.15) is 14.7 Å². The molecular formula is C19H15FN2O3S. The Hall–Kier alpha value is -3.06. The van der Waals surface area contributed by atoms with E-state index in [1.807, 2.05) is 30.3 Å². The van der Waals surface area contributed by atoms with E-state index in [1.165, 1.54) is 29.5 Å². The molecule has 132 valence electrons. The summed E-state index contributed by atoms with van der Waals surface area (Å²) in [6.45, 7) is 1.32. The number of halogens is 1. The highest BCUT2D eigenvalue weighted by Gasteiger charge is 2.20. The average Bonchev–Trinajstić information content (AvgIpc) is 3.02. The third kappa shape index (κ3) is 4.31. The minimum Gasteiger partial charge on any atom is -0.451 e. The summed E-state index contributed by atoms with van der Waals surface area (Å²) in [4.78, 5) is 29.0. The van der Waals surface area contributed by atoms with Gasteiger partial charge in [-0.05, 0) is 25.1 Å². The quantitative estimate of drug-likeness (QED) is 0.688. The SMILES string of the molecule is Cc1nc(-c2ccccc2)c(C(=O)OCC(=O)Nc2cccc(F)c2)s1. The van der Waals surface area contributed by atoms with Crippen molar-refractivity contribution in [3.63, 3.8) is 0 Å². The first kappa shape index (κ1) is 17.8. The smallest absolute Gasteiger partial charge is 0.351 e. The minimum atomic E-state index is -0.621. The standard InChI is InChI=1S/C19H15FN2O3S/c1-12-21-17(13-6-3-2-4-7-13)18(26-12)19(24)25-11-16(23)22-15-9-5-8-14(20)10-15/h2-10H,11H2,1H3,(H,22,23). The van der Waals surface area contributed by atoms with E-state index in [2.05, 4.69) is 10.3 Å². The lowest BCUT2D eigenvalue weighted by molar-refractivity contribution is -0.119. The van der Waals surface area contributed by atoms with Crippen LogP contribution in [0, 0.1) is 12.7 Å². The average molecular weight is 370 g/mol. The van der Waals surface area contributed by atoms with Crippen molar-refractivity contribution in [3.05, 3.63) is 70.3 Å². The number of amides is 1. The van der Waals surface area contributed by atoms with E-state index < -0.39 is 24.3 Å². The van der Waals surface area contributed by atoms with Crippen LogP contribution >= 0.6 is 11.3 Å². The van der Waals surface area contributed by atoms with E-state index in [0.29, 0.717) is 16.3 Å². The predicted molar refractivity (Wildman–Crippen MR) is 97.6 cm³/mol. The van der Waals surface area contributed by atoms with Crippen LogP contribution in [0.25, 0.3) is 11.3 Å². The summed E-state index contributed by atoms with van der Waals surface area (Å²) in [5, 5.41) is 3.19. The van der Waals surface area contributed by atoms with Crippen molar-refractivity contribution in [2.75, 3.05) is 11.9 Å². The number of esters is 1. The van der Waals surface area contributed by atoms with Crippen LogP contribution in [0.2, 0.25) is 0 Å². The molecule has 7 heteroatoms. The highest BCUT2D eigenvalue weighted by Crippen LogP contribution is 2.28. The molecule has 0 unspecified atom stereocenters. The Kier molecular flexibility index (Phi) is 5.38. The first-order valence-electron chi connectivity index (χ1n) is 7.78. The number of nitrogens with one attached hydrogen (secondary N) is 1. The molecule has 2 aromatic carbocycles. The molecule has 3 rings (SSSR count). The number of ether oxygens (including phenoxy) is 1. The molecule has 26 heavy (non-hydrogen) atoms. The molecule has 0 saturated heterocycles. The van der Waals surface area contributed by atoms with Crippen LogP contribution in [0.15, 0.2) is 54.6 Å². The first-order valence-corrected chi connectivity index (χ1v) is 8.60. The molecule has 0 radical (unpaired) electrons. The van der Waals surface area contributed by atoms with Gasteiger partial charge < -0.3 is 10.1 Å². The Balaban J connectivity index is 1.66. The topological polar surface area (TPSA) is 68.3 Å². The van der Waals surface area contributed by atoms with E-state index in [9.17, 15) is 14.0 Å². The van der Waals surface area contributed by atoms with Gasteiger partial charge in [-0.2, -0.15) is 0 Å². The summed E-state index contributed by atoms with van der Waals surface area (Å²) < 4.78 is 18.2. The lowest BCUT2D eigenvalue weighted by Gasteiger charge is -2.07. The van der Waals surface area contributed by atoms with Gasteiger partial charge in [-0.15, -0.1) is 11.3 Å². The molecule has 1 aromatic heterocycles. The normalized spacial score (nSPS) is 10.4. The van der Waals surface area contributed by atoms with Gasteiger partial charge in [0.05, 0.1) is 10.7 Å². The molecule has 1 heterocycles. The van der Waals surface area contributed by atoms with Gasteiger partial charge in [0.2, 0.25) is 0 Å². The number of hydrogen-bond donors (Lipinski definition) is 1. The summed E-state index contributed by atoms with van der Waals surface area (Å²) >= 11 is 1.21. The summed E-state index contributed by atoms with van der Waals surface area (Å²) in [5.74, 6) is -1.64. The Morgan fingerprint density at radius 2 is 1.92 bits per heavy atom. The van der Waals surface area contributed by atoms with Crippen LogP contribution < -0.4 is 5.32 Å². The zero-order chi connectivity index (χ0) is 18.5. The lowest BCUT2D eigenvalue weighted by atomic mass is 10.1. The number of rotatable bonds is 5. The Morgan fingerprint density at radius 1 is 1.15 bits per heavy atom.